The van der Waals surface area contributed by atoms with Gasteiger partial charge >= 0.3 is 12.1 Å². The highest BCUT2D eigenvalue weighted by Crippen LogP contribution is 2.35. The highest BCUT2D eigenvalue weighted by molar-refractivity contribution is 8.77. The van der Waals surface area contributed by atoms with E-state index in [0.29, 0.717) is 0 Å². The van der Waals surface area contributed by atoms with Crippen LogP contribution in [0.4, 0.5) is 4.79 Å². The number of carboxylic acids is 1. The molecule has 1 atom stereocenters. The summed E-state index contributed by atoms with van der Waals surface area (Å²) in [7, 11) is 3.00. The molecule has 0 fully saturated rings. The van der Waals surface area contributed by atoms with Gasteiger partial charge in [-0.05, 0) is 20.8 Å². The number of aliphatic carboxylic acids is 1. The molecule has 7 heteroatoms. The minimum atomic E-state index is -1.06. The molecule has 0 aromatic rings. The average Bonchev–Trinajstić information content (AvgIpc) is 2.10. The Labute approximate surface area is 122 Å². The first-order valence-electron chi connectivity index (χ1n) is 5.94. The maximum Gasteiger partial charge on any atom is 0.408 e. The van der Waals surface area contributed by atoms with Crippen LogP contribution in [0, 0.1) is 0 Å². The van der Waals surface area contributed by atoms with Crippen molar-refractivity contribution in [3.8, 4) is 0 Å². The van der Waals surface area contributed by atoms with Crippen molar-refractivity contribution < 1.29 is 19.4 Å². The predicted octanol–water partition coefficient (Wildman–Crippen LogP) is 3.14. The third-order valence-corrected chi connectivity index (χ3v) is 4.88. The number of ether oxygens (including phenoxy) is 1. The van der Waals surface area contributed by atoms with Gasteiger partial charge in [0.25, 0.3) is 0 Å². The molecule has 0 aliphatic carbocycles. The first kappa shape index (κ1) is 18.4. The molecule has 0 rings (SSSR count). The number of nitrogens with one attached hydrogen (secondary N) is 1. The average molecular weight is 309 g/mol. The van der Waals surface area contributed by atoms with Gasteiger partial charge in [-0.1, -0.05) is 42.4 Å². The molecule has 0 radical (unpaired) electrons. The third-order valence-electron chi connectivity index (χ3n) is 1.53. The van der Waals surface area contributed by atoms with Gasteiger partial charge in [-0.15, -0.1) is 0 Å². The molecule has 0 saturated carbocycles. The highest BCUT2D eigenvalue weighted by Gasteiger charge is 2.24. The van der Waals surface area contributed by atoms with Crippen LogP contribution in [0.2, 0.25) is 0 Å². The van der Waals surface area contributed by atoms with E-state index < -0.39 is 23.7 Å². The predicted molar refractivity (Wildman–Crippen MR) is 80.6 cm³/mol. The molecule has 0 bridgehead atoms. The quantitative estimate of drug-likeness (QED) is 0.760. The molecule has 5 nitrogen and oxygen atoms in total. The summed E-state index contributed by atoms with van der Waals surface area (Å²) in [5.41, 5.74) is -0.638. The Kier molecular flexibility index (Phi) is 7.07. The topological polar surface area (TPSA) is 75.6 Å². The molecule has 0 unspecified atom stereocenters. The molecule has 0 aliphatic heterocycles. The Bertz CT molecular complexity index is 321. The van der Waals surface area contributed by atoms with E-state index in [-0.39, 0.29) is 10.5 Å². The second-order valence-corrected chi connectivity index (χ2v) is 9.18. The van der Waals surface area contributed by atoms with Crippen LogP contribution in [0.15, 0.2) is 0 Å². The van der Waals surface area contributed by atoms with E-state index in [2.05, 4.69) is 5.32 Å². The summed E-state index contributed by atoms with van der Waals surface area (Å²) >= 11 is 0. The van der Waals surface area contributed by atoms with Gasteiger partial charge in [0, 0.05) is 10.5 Å². The van der Waals surface area contributed by atoms with Crippen molar-refractivity contribution in [3.63, 3.8) is 0 Å². The summed E-state index contributed by atoms with van der Waals surface area (Å²) < 4.78 is 5.08. The van der Waals surface area contributed by atoms with Crippen molar-refractivity contribution in [3.05, 3.63) is 0 Å². The van der Waals surface area contributed by atoms with Crippen LogP contribution in [0.3, 0.4) is 0 Å². The second-order valence-electron chi connectivity index (χ2n) is 6.02. The molecule has 19 heavy (non-hydrogen) atoms. The number of hydrogen-bond donors (Lipinski definition) is 2. The van der Waals surface area contributed by atoms with Crippen LogP contribution >= 0.6 is 21.6 Å². The smallest absolute Gasteiger partial charge is 0.408 e. The van der Waals surface area contributed by atoms with E-state index in [4.69, 9.17) is 9.84 Å². The van der Waals surface area contributed by atoms with Crippen LogP contribution in [0.25, 0.3) is 0 Å². The molecule has 2 N–H and O–H groups in total. The summed E-state index contributed by atoms with van der Waals surface area (Å²) in [5, 5.41) is 11.4. The highest BCUT2D eigenvalue weighted by atomic mass is 33.1. The van der Waals surface area contributed by atoms with Gasteiger partial charge in [0.05, 0.1) is 0 Å². The van der Waals surface area contributed by atoms with E-state index in [9.17, 15) is 9.59 Å². The lowest BCUT2D eigenvalue weighted by molar-refractivity contribution is -0.138. The van der Waals surface area contributed by atoms with Crippen molar-refractivity contribution in [2.75, 3.05) is 5.75 Å². The van der Waals surface area contributed by atoms with Crippen LogP contribution < -0.4 is 5.32 Å². The second kappa shape index (κ2) is 7.28. The van der Waals surface area contributed by atoms with E-state index in [1.807, 2.05) is 20.8 Å². The molecule has 0 saturated heterocycles. The zero-order valence-corrected chi connectivity index (χ0v) is 13.9. The van der Waals surface area contributed by atoms with Gasteiger partial charge in [0.15, 0.2) is 0 Å². The van der Waals surface area contributed by atoms with Gasteiger partial charge in [0.2, 0.25) is 0 Å². The molecular weight excluding hydrogens is 286 g/mol. The fraction of sp³-hybridized carbons (Fsp3) is 0.833. The number of rotatable bonds is 5. The lowest BCUT2D eigenvalue weighted by Gasteiger charge is -2.22. The number of alkyl carbamates (subject to hydrolysis) is 1. The van der Waals surface area contributed by atoms with E-state index in [1.54, 1.807) is 31.6 Å². The Hall–Kier alpha value is -0.560. The summed E-state index contributed by atoms with van der Waals surface area (Å²) in [6, 6.07) is -0.949. The molecule has 0 aromatic carbocycles. The minimum absolute atomic E-state index is 0.0413. The minimum Gasteiger partial charge on any atom is -0.480 e. The van der Waals surface area contributed by atoms with Gasteiger partial charge in [-0.2, -0.15) is 0 Å². The third kappa shape index (κ3) is 11.0. The molecule has 0 spiro atoms. The van der Waals surface area contributed by atoms with Gasteiger partial charge in [-0.3, -0.25) is 0 Å². The van der Waals surface area contributed by atoms with E-state index in [1.165, 1.54) is 10.8 Å². The number of carbonyl (C=O) groups is 2. The molecule has 0 aliphatic rings. The zero-order valence-electron chi connectivity index (χ0n) is 12.3. The molecule has 0 aromatic heterocycles. The fourth-order valence-corrected chi connectivity index (χ4v) is 3.36. The first-order valence-corrected chi connectivity index (χ1v) is 8.25. The van der Waals surface area contributed by atoms with Crippen LogP contribution in [0.5, 0.6) is 0 Å². The summed E-state index contributed by atoms with van der Waals surface area (Å²) in [6.07, 6.45) is -0.707. The van der Waals surface area contributed by atoms with Gasteiger partial charge < -0.3 is 15.2 Å². The number of amides is 1. The monoisotopic (exact) mass is 309 g/mol. The summed E-state index contributed by atoms with van der Waals surface area (Å²) in [6.45, 7) is 11.3. The van der Waals surface area contributed by atoms with E-state index >= 15 is 0 Å². The standard InChI is InChI=1S/C12H23NO4S2/c1-11(2,3)17-10(16)13-8(9(14)15)7-18-19-12(4,5)6/h8H,7H2,1-6H3,(H,13,16)(H,14,15)/t8-/m0/s1. The molecular formula is C12H23NO4S2. The Morgan fingerprint density at radius 1 is 1.21 bits per heavy atom. The van der Waals surface area contributed by atoms with Gasteiger partial charge in [-0.25, -0.2) is 9.59 Å². The van der Waals surface area contributed by atoms with E-state index in [0.717, 1.165) is 0 Å². The molecule has 112 valence electrons. The summed E-state index contributed by atoms with van der Waals surface area (Å²) in [4.78, 5) is 22.6. The molecule has 1 amide bonds. The zero-order chi connectivity index (χ0) is 15.3. The first-order chi connectivity index (χ1) is 8.41. The Morgan fingerprint density at radius 3 is 2.11 bits per heavy atom. The largest absolute Gasteiger partial charge is 0.480 e. The van der Waals surface area contributed by atoms with Crippen molar-refractivity contribution in [1.29, 1.82) is 0 Å². The van der Waals surface area contributed by atoms with Crippen molar-refractivity contribution in [2.45, 2.75) is 57.9 Å². The van der Waals surface area contributed by atoms with Crippen LogP contribution in [0.1, 0.15) is 41.5 Å². The molecule has 0 heterocycles. The lowest BCUT2D eigenvalue weighted by Crippen LogP contribution is -2.44. The van der Waals surface area contributed by atoms with Crippen molar-refractivity contribution in [2.24, 2.45) is 0 Å². The Balaban J connectivity index is 4.28. The lowest BCUT2D eigenvalue weighted by atomic mass is 10.2. The fourth-order valence-electron chi connectivity index (χ4n) is 0.903. The normalized spacial score (nSPS) is 13.8. The SMILES string of the molecule is CC(C)(C)OC(=O)N[C@@H](CSSC(C)(C)C)C(=O)O. The van der Waals surface area contributed by atoms with Crippen LogP contribution in [-0.4, -0.2) is 39.3 Å². The maximum absolute atomic E-state index is 11.5. The Morgan fingerprint density at radius 2 is 1.74 bits per heavy atom. The number of hydrogen-bond acceptors (Lipinski definition) is 5. The number of carboxylic acid groups (broad SMARTS) is 1. The van der Waals surface area contributed by atoms with Crippen LogP contribution in [-0.2, 0) is 9.53 Å². The van der Waals surface area contributed by atoms with Gasteiger partial charge in [0.1, 0.15) is 11.6 Å². The number of carbonyl (C=O) groups excluding carboxylic acids is 1. The van der Waals surface area contributed by atoms with Crippen molar-refractivity contribution in [1.82, 2.24) is 5.32 Å². The van der Waals surface area contributed by atoms with Crippen molar-refractivity contribution >= 4 is 33.7 Å². The summed E-state index contributed by atoms with van der Waals surface area (Å²) in [5.74, 6) is -0.774. The maximum atomic E-state index is 11.5.